The summed E-state index contributed by atoms with van der Waals surface area (Å²) in [5, 5.41) is 21.9. The fourth-order valence-corrected chi connectivity index (χ4v) is 4.04. The molecule has 4 rings (SSSR count). The van der Waals surface area contributed by atoms with E-state index in [1.807, 2.05) is 18.2 Å². The van der Waals surface area contributed by atoms with Crippen LogP contribution in [0.1, 0.15) is 47.6 Å². The van der Waals surface area contributed by atoms with Gasteiger partial charge in [-0.15, -0.1) is 0 Å². The molecule has 2 aromatic carbocycles. The summed E-state index contributed by atoms with van der Waals surface area (Å²) in [6.45, 7) is 0.476. The zero-order chi connectivity index (χ0) is 20.4. The highest BCUT2D eigenvalue weighted by atomic mass is 16.3. The number of phenols is 1. The van der Waals surface area contributed by atoms with E-state index in [0.29, 0.717) is 36.9 Å². The Balaban J connectivity index is 1.45. The molecule has 1 saturated carbocycles. The van der Waals surface area contributed by atoms with Crippen LogP contribution in [-0.2, 0) is 6.42 Å². The number of nitrogens with zero attached hydrogens (tertiary/aromatic N) is 1. The van der Waals surface area contributed by atoms with Gasteiger partial charge in [0.15, 0.2) is 0 Å². The van der Waals surface area contributed by atoms with Gasteiger partial charge < -0.3 is 20.5 Å². The van der Waals surface area contributed by atoms with Gasteiger partial charge in [-0.2, -0.15) is 0 Å². The standard InChI is InChI=1S/C22H25N3O4/c26-17-6-1-14(2-7-17)11-12-23-21(28)15-3-10-20-19(13-15)24-22(29)25(20)16-4-8-18(27)9-5-16/h1-3,6-7,10,13,16,18,26-27H,4-5,8-9,11-12H2,(H,23,28)(H,24,29). The Labute approximate surface area is 168 Å². The van der Waals surface area contributed by atoms with E-state index >= 15 is 0 Å². The van der Waals surface area contributed by atoms with Gasteiger partial charge in [-0.1, -0.05) is 12.1 Å². The second-order valence-corrected chi connectivity index (χ2v) is 7.67. The quantitative estimate of drug-likeness (QED) is 0.532. The number of H-pyrrole nitrogens is 1. The number of imidazole rings is 1. The molecule has 152 valence electrons. The van der Waals surface area contributed by atoms with Crippen molar-refractivity contribution in [3.8, 4) is 5.75 Å². The van der Waals surface area contributed by atoms with Crippen molar-refractivity contribution < 1.29 is 15.0 Å². The lowest BCUT2D eigenvalue weighted by atomic mass is 9.93. The summed E-state index contributed by atoms with van der Waals surface area (Å²) in [5.74, 6) is 0.0245. The van der Waals surface area contributed by atoms with Crippen LogP contribution in [0.3, 0.4) is 0 Å². The number of phenolic OH excluding ortho intramolecular Hbond substituents is 1. The molecule has 1 aliphatic rings. The normalized spacial score (nSPS) is 19.3. The van der Waals surface area contributed by atoms with Crippen LogP contribution < -0.4 is 11.0 Å². The lowest BCUT2D eigenvalue weighted by Gasteiger charge is -2.26. The smallest absolute Gasteiger partial charge is 0.326 e. The molecule has 0 radical (unpaired) electrons. The predicted molar refractivity (Wildman–Crippen MR) is 110 cm³/mol. The summed E-state index contributed by atoms with van der Waals surface area (Å²) < 4.78 is 1.76. The first-order valence-corrected chi connectivity index (χ1v) is 9.99. The second-order valence-electron chi connectivity index (χ2n) is 7.67. The maximum absolute atomic E-state index is 12.5. The van der Waals surface area contributed by atoms with Crippen LogP contribution in [0, 0.1) is 0 Å². The van der Waals surface area contributed by atoms with Crippen molar-refractivity contribution >= 4 is 16.9 Å². The highest BCUT2D eigenvalue weighted by molar-refractivity contribution is 5.97. The largest absolute Gasteiger partial charge is 0.508 e. The van der Waals surface area contributed by atoms with Crippen molar-refractivity contribution in [3.63, 3.8) is 0 Å². The van der Waals surface area contributed by atoms with Crippen LogP contribution in [0.15, 0.2) is 47.3 Å². The first-order valence-electron chi connectivity index (χ1n) is 9.99. The molecule has 1 heterocycles. The number of rotatable bonds is 5. The van der Waals surface area contributed by atoms with E-state index in [0.717, 1.165) is 23.9 Å². The maximum atomic E-state index is 12.5. The van der Waals surface area contributed by atoms with E-state index in [9.17, 15) is 19.8 Å². The number of benzene rings is 2. The number of aromatic nitrogens is 2. The third kappa shape index (κ3) is 4.19. The molecule has 29 heavy (non-hydrogen) atoms. The molecular formula is C22H25N3O4. The minimum absolute atomic E-state index is 0.0737. The highest BCUT2D eigenvalue weighted by Crippen LogP contribution is 2.29. The Morgan fingerprint density at radius 2 is 1.83 bits per heavy atom. The Morgan fingerprint density at radius 1 is 1.10 bits per heavy atom. The van der Waals surface area contributed by atoms with Gasteiger partial charge in [0.05, 0.1) is 17.1 Å². The minimum Gasteiger partial charge on any atom is -0.508 e. The molecule has 0 unspecified atom stereocenters. The zero-order valence-corrected chi connectivity index (χ0v) is 16.1. The number of aliphatic hydroxyl groups is 1. The summed E-state index contributed by atoms with van der Waals surface area (Å²) in [7, 11) is 0. The average molecular weight is 395 g/mol. The molecule has 4 N–H and O–H groups in total. The van der Waals surface area contributed by atoms with Crippen LogP contribution in [0.2, 0.25) is 0 Å². The van der Waals surface area contributed by atoms with Crippen molar-refractivity contribution in [2.75, 3.05) is 6.54 Å². The first kappa shape index (κ1) is 19.3. The highest BCUT2D eigenvalue weighted by Gasteiger charge is 2.24. The Morgan fingerprint density at radius 3 is 2.55 bits per heavy atom. The second kappa shape index (κ2) is 8.13. The molecule has 0 saturated heterocycles. The van der Waals surface area contributed by atoms with Crippen molar-refractivity contribution in [1.82, 2.24) is 14.9 Å². The van der Waals surface area contributed by atoms with Crippen LogP contribution in [0.5, 0.6) is 5.75 Å². The fourth-order valence-electron chi connectivity index (χ4n) is 4.04. The number of hydrogen-bond acceptors (Lipinski definition) is 4. The molecule has 1 aliphatic carbocycles. The first-order chi connectivity index (χ1) is 14.0. The van der Waals surface area contributed by atoms with Gasteiger partial charge in [0, 0.05) is 18.2 Å². The van der Waals surface area contributed by atoms with Gasteiger partial charge in [0.25, 0.3) is 5.91 Å². The van der Waals surface area contributed by atoms with Gasteiger partial charge >= 0.3 is 5.69 Å². The Kier molecular flexibility index (Phi) is 5.40. The molecule has 1 amide bonds. The van der Waals surface area contributed by atoms with Crippen LogP contribution >= 0.6 is 0 Å². The molecule has 0 spiro atoms. The average Bonchev–Trinajstić information content (AvgIpc) is 3.05. The van der Waals surface area contributed by atoms with E-state index in [1.165, 1.54) is 0 Å². The van der Waals surface area contributed by atoms with E-state index in [4.69, 9.17) is 0 Å². The summed E-state index contributed by atoms with van der Waals surface area (Å²) in [6, 6.07) is 12.2. The molecule has 3 aromatic rings. The number of hydrogen-bond donors (Lipinski definition) is 4. The number of carbonyl (C=O) groups is 1. The van der Waals surface area contributed by atoms with Crippen LogP contribution in [0.4, 0.5) is 0 Å². The topological polar surface area (TPSA) is 107 Å². The lowest BCUT2D eigenvalue weighted by Crippen LogP contribution is -2.27. The Hall–Kier alpha value is -3.06. The molecule has 1 fully saturated rings. The third-order valence-electron chi connectivity index (χ3n) is 5.65. The van der Waals surface area contributed by atoms with E-state index in [2.05, 4.69) is 10.3 Å². The number of aliphatic hydroxyl groups excluding tert-OH is 1. The molecular weight excluding hydrogens is 370 g/mol. The summed E-state index contributed by atoms with van der Waals surface area (Å²) in [4.78, 5) is 27.8. The minimum atomic E-state index is -0.274. The van der Waals surface area contributed by atoms with Gasteiger partial charge in [-0.05, 0) is 68.0 Å². The molecule has 0 atom stereocenters. The monoisotopic (exact) mass is 395 g/mol. The molecule has 7 nitrogen and oxygen atoms in total. The van der Waals surface area contributed by atoms with E-state index < -0.39 is 0 Å². The SMILES string of the molecule is O=C(NCCc1ccc(O)cc1)c1ccc2c(c1)[nH]c(=O)n2C1CCC(O)CC1. The Bertz CT molecular complexity index is 1060. The zero-order valence-electron chi connectivity index (χ0n) is 16.1. The van der Waals surface area contributed by atoms with Crippen LogP contribution in [-0.4, -0.2) is 38.3 Å². The molecule has 0 aliphatic heterocycles. The summed E-state index contributed by atoms with van der Waals surface area (Å²) >= 11 is 0. The van der Waals surface area contributed by atoms with Gasteiger partial charge in [0.1, 0.15) is 5.75 Å². The fraction of sp³-hybridized carbons (Fsp3) is 0.364. The van der Waals surface area contributed by atoms with Gasteiger partial charge in [-0.25, -0.2) is 4.79 Å². The maximum Gasteiger partial charge on any atom is 0.326 e. The number of carbonyl (C=O) groups excluding carboxylic acids is 1. The summed E-state index contributed by atoms with van der Waals surface area (Å²) in [5.41, 5.74) is 2.78. The van der Waals surface area contributed by atoms with E-state index in [1.54, 1.807) is 28.8 Å². The van der Waals surface area contributed by atoms with Gasteiger partial charge in [-0.3, -0.25) is 9.36 Å². The molecule has 7 heteroatoms. The summed E-state index contributed by atoms with van der Waals surface area (Å²) in [6.07, 6.45) is 3.33. The predicted octanol–water partition coefficient (Wildman–Crippen LogP) is 2.48. The van der Waals surface area contributed by atoms with Gasteiger partial charge in [0.2, 0.25) is 0 Å². The number of aromatic amines is 1. The third-order valence-corrected chi connectivity index (χ3v) is 5.65. The number of aromatic hydroxyl groups is 1. The van der Waals surface area contributed by atoms with Crippen molar-refractivity contribution in [3.05, 3.63) is 64.1 Å². The number of amides is 1. The molecule has 0 bridgehead atoms. The molecule has 1 aromatic heterocycles. The van der Waals surface area contributed by atoms with Crippen LogP contribution in [0.25, 0.3) is 11.0 Å². The van der Waals surface area contributed by atoms with Crippen molar-refractivity contribution in [1.29, 1.82) is 0 Å². The lowest BCUT2D eigenvalue weighted by molar-refractivity contribution is 0.0954. The number of fused-ring (bicyclic) bond motifs is 1. The van der Waals surface area contributed by atoms with Crippen molar-refractivity contribution in [2.24, 2.45) is 0 Å². The number of nitrogens with one attached hydrogen (secondary N) is 2. The van der Waals surface area contributed by atoms with Crippen molar-refractivity contribution in [2.45, 2.75) is 44.2 Å². The van der Waals surface area contributed by atoms with E-state index in [-0.39, 0.29) is 29.5 Å².